The molecule has 3 rings (SSSR count). The molecule has 1 aromatic rings. The third-order valence-corrected chi connectivity index (χ3v) is 4.87. The predicted molar refractivity (Wildman–Crippen MR) is 88.4 cm³/mol. The van der Waals surface area contributed by atoms with E-state index < -0.39 is 0 Å². The van der Waals surface area contributed by atoms with Crippen molar-refractivity contribution in [3.8, 4) is 0 Å². The fraction of sp³-hybridized carbons (Fsp3) is 0.765. The molecule has 1 atom stereocenters. The van der Waals surface area contributed by atoms with E-state index in [1.54, 1.807) is 0 Å². The van der Waals surface area contributed by atoms with Gasteiger partial charge >= 0.3 is 6.03 Å². The van der Waals surface area contributed by atoms with Crippen molar-refractivity contribution in [3.63, 3.8) is 0 Å². The SMILES string of the molecule is CCCNC(=O)N1CCC(n2c(C)cnc2C2CCCO2)CC1. The average molecular weight is 320 g/mol. The second-order valence-corrected chi connectivity index (χ2v) is 6.58. The molecule has 2 amide bonds. The summed E-state index contributed by atoms with van der Waals surface area (Å²) >= 11 is 0. The number of aryl methyl sites for hydroxylation is 1. The van der Waals surface area contributed by atoms with E-state index in [1.807, 2.05) is 11.1 Å². The first-order valence-corrected chi connectivity index (χ1v) is 8.88. The fourth-order valence-electron chi connectivity index (χ4n) is 3.63. The van der Waals surface area contributed by atoms with E-state index in [0.717, 1.165) is 64.2 Å². The molecule has 2 saturated heterocycles. The molecular formula is C17H28N4O2. The van der Waals surface area contributed by atoms with Gasteiger partial charge in [-0.15, -0.1) is 0 Å². The lowest BCUT2D eigenvalue weighted by molar-refractivity contribution is 0.0972. The summed E-state index contributed by atoms with van der Waals surface area (Å²) in [6, 6.07) is 0.499. The molecule has 6 nitrogen and oxygen atoms in total. The molecule has 3 heterocycles. The lowest BCUT2D eigenvalue weighted by Crippen LogP contribution is -2.45. The lowest BCUT2D eigenvalue weighted by Gasteiger charge is -2.34. The maximum atomic E-state index is 12.1. The van der Waals surface area contributed by atoms with E-state index >= 15 is 0 Å². The molecule has 2 aliphatic rings. The Labute approximate surface area is 138 Å². The minimum absolute atomic E-state index is 0.0759. The Morgan fingerprint density at radius 3 is 2.83 bits per heavy atom. The molecule has 0 aliphatic carbocycles. The second kappa shape index (κ2) is 7.34. The Morgan fingerprint density at radius 1 is 1.39 bits per heavy atom. The van der Waals surface area contributed by atoms with Crippen molar-refractivity contribution in [2.24, 2.45) is 0 Å². The quantitative estimate of drug-likeness (QED) is 0.928. The molecule has 1 N–H and O–H groups in total. The van der Waals surface area contributed by atoms with Gasteiger partial charge in [-0.2, -0.15) is 0 Å². The number of urea groups is 1. The van der Waals surface area contributed by atoms with E-state index in [1.165, 1.54) is 5.69 Å². The maximum absolute atomic E-state index is 12.1. The van der Waals surface area contributed by atoms with Crippen LogP contribution < -0.4 is 5.32 Å². The van der Waals surface area contributed by atoms with Crippen LogP contribution in [0.3, 0.4) is 0 Å². The summed E-state index contributed by atoms with van der Waals surface area (Å²) < 4.78 is 8.19. The number of amides is 2. The van der Waals surface area contributed by atoms with Gasteiger partial charge in [0.2, 0.25) is 0 Å². The fourth-order valence-corrected chi connectivity index (χ4v) is 3.63. The van der Waals surface area contributed by atoms with Crippen LogP contribution in [0.4, 0.5) is 4.79 Å². The van der Waals surface area contributed by atoms with E-state index in [-0.39, 0.29) is 12.1 Å². The van der Waals surface area contributed by atoms with E-state index in [4.69, 9.17) is 4.74 Å². The molecule has 0 bridgehead atoms. The van der Waals surface area contributed by atoms with Gasteiger partial charge in [0.05, 0.1) is 0 Å². The summed E-state index contributed by atoms with van der Waals surface area (Å²) in [6.45, 7) is 7.40. The molecule has 2 aliphatic heterocycles. The molecule has 0 saturated carbocycles. The van der Waals surface area contributed by atoms with E-state index in [9.17, 15) is 4.79 Å². The van der Waals surface area contributed by atoms with Crippen molar-refractivity contribution in [1.82, 2.24) is 19.8 Å². The predicted octanol–water partition coefficient (Wildman–Crippen LogP) is 2.80. The van der Waals surface area contributed by atoms with Crippen LogP contribution in [0.1, 0.15) is 62.7 Å². The maximum Gasteiger partial charge on any atom is 0.317 e. The Bertz CT molecular complexity index is 529. The highest BCUT2D eigenvalue weighted by molar-refractivity contribution is 5.74. The van der Waals surface area contributed by atoms with Crippen molar-refractivity contribution in [2.75, 3.05) is 26.2 Å². The van der Waals surface area contributed by atoms with E-state index in [0.29, 0.717) is 6.04 Å². The van der Waals surface area contributed by atoms with Crippen LogP contribution in [-0.4, -0.2) is 46.7 Å². The summed E-state index contributed by atoms with van der Waals surface area (Å²) in [4.78, 5) is 18.6. The normalized spacial score (nSPS) is 22.5. The molecular weight excluding hydrogens is 292 g/mol. The molecule has 1 aromatic heterocycles. The van der Waals surface area contributed by atoms with Gasteiger partial charge in [-0.3, -0.25) is 0 Å². The molecule has 2 fully saturated rings. The Balaban J connectivity index is 1.63. The first-order chi connectivity index (χ1) is 11.2. The number of hydrogen-bond donors (Lipinski definition) is 1. The topological polar surface area (TPSA) is 59.4 Å². The summed E-state index contributed by atoms with van der Waals surface area (Å²) in [5.74, 6) is 1.08. The number of aromatic nitrogens is 2. The molecule has 0 spiro atoms. The van der Waals surface area contributed by atoms with Crippen LogP contribution in [0.15, 0.2) is 6.20 Å². The highest BCUT2D eigenvalue weighted by Crippen LogP contribution is 2.33. The number of hydrogen-bond acceptors (Lipinski definition) is 3. The first kappa shape index (κ1) is 16.3. The number of piperidine rings is 1. The second-order valence-electron chi connectivity index (χ2n) is 6.58. The molecule has 23 heavy (non-hydrogen) atoms. The van der Waals surface area contributed by atoms with Crippen LogP contribution in [-0.2, 0) is 4.74 Å². The number of nitrogens with zero attached hydrogens (tertiary/aromatic N) is 3. The van der Waals surface area contributed by atoms with Crippen molar-refractivity contribution in [1.29, 1.82) is 0 Å². The summed E-state index contributed by atoms with van der Waals surface area (Å²) in [5, 5.41) is 2.97. The monoisotopic (exact) mass is 320 g/mol. The number of carbonyl (C=O) groups is 1. The molecule has 0 aromatic carbocycles. The summed E-state index contributed by atoms with van der Waals surface area (Å²) in [6.07, 6.45) is 7.22. The number of likely N-dealkylation sites (tertiary alicyclic amines) is 1. The van der Waals surface area contributed by atoms with Gasteiger partial charge in [-0.25, -0.2) is 9.78 Å². The Morgan fingerprint density at radius 2 is 2.17 bits per heavy atom. The van der Waals surface area contributed by atoms with Crippen molar-refractivity contribution >= 4 is 6.03 Å². The number of carbonyl (C=O) groups excluding carboxylic acids is 1. The third-order valence-electron chi connectivity index (χ3n) is 4.87. The Kier molecular flexibility index (Phi) is 5.20. The van der Waals surface area contributed by atoms with Gasteiger partial charge in [0.15, 0.2) is 0 Å². The highest BCUT2D eigenvalue weighted by atomic mass is 16.5. The zero-order chi connectivity index (χ0) is 16.2. The van der Waals surface area contributed by atoms with Gasteiger partial charge in [-0.05, 0) is 39.0 Å². The largest absolute Gasteiger partial charge is 0.370 e. The zero-order valence-electron chi connectivity index (χ0n) is 14.3. The first-order valence-electron chi connectivity index (χ1n) is 8.88. The van der Waals surface area contributed by atoms with Crippen LogP contribution in [0, 0.1) is 6.92 Å². The lowest BCUT2D eigenvalue weighted by atomic mass is 10.0. The van der Waals surface area contributed by atoms with Crippen LogP contribution in [0.5, 0.6) is 0 Å². The zero-order valence-corrected chi connectivity index (χ0v) is 14.3. The number of rotatable bonds is 4. The summed E-state index contributed by atoms with van der Waals surface area (Å²) in [7, 11) is 0. The van der Waals surface area contributed by atoms with Gasteiger partial charge in [0.25, 0.3) is 0 Å². The van der Waals surface area contributed by atoms with Gasteiger partial charge in [-0.1, -0.05) is 6.92 Å². The van der Waals surface area contributed by atoms with Crippen LogP contribution in [0.25, 0.3) is 0 Å². The highest BCUT2D eigenvalue weighted by Gasteiger charge is 2.29. The van der Waals surface area contributed by atoms with Crippen LogP contribution in [0.2, 0.25) is 0 Å². The minimum atomic E-state index is 0.0759. The molecule has 6 heteroatoms. The van der Waals surface area contributed by atoms with Gasteiger partial charge in [0.1, 0.15) is 11.9 Å². The number of imidazole rings is 1. The average Bonchev–Trinajstić information content (AvgIpc) is 3.22. The van der Waals surface area contributed by atoms with Crippen LogP contribution >= 0.6 is 0 Å². The molecule has 1 unspecified atom stereocenters. The van der Waals surface area contributed by atoms with Crippen molar-refractivity contribution in [2.45, 2.75) is 58.1 Å². The Hall–Kier alpha value is -1.56. The van der Waals surface area contributed by atoms with E-state index in [2.05, 4.69) is 28.7 Å². The van der Waals surface area contributed by atoms with Gasteiger partial charge in [0, 0.05) is 44.2 Å². The smallest absolute Gasteiger partial charge is 0.317 e. The summed E-state index contributed by atoms with van der Waals surface area (Å²) in [5.41, 5.74) is 1.20. The standard InChI is InChI=1S/C17H28N4O2/c1-3-8-18-17(22)20-9-6-14(7-10-20)21-13(2)12-19-16(21)15-5-4-11-23-15/h12,14-15H,3-11H2,1-2H3,(H,18,22). The number of nitrogens with one attached hydrogen (secondary N) is 1. The van der Waals surface area contributed by atoms with Gasteiger partial charge < -0.3 is 19.5 Å². The third kappa shape index (κ3) is 3.52. The van der Waals surface area contributed by atoms with Crippen molar-refractivity contribution in [3.05, 3.63) is 17.7 Å². The molecule has 128 valence electrons. The molecule has 0 radical (unpaired) electrons. The minimum Gasteiger partial charge on any atom is -0.370 e. The number of ether oxygens (including phenoxy) is 1. The van der Waals surface area contributed by atoms with Crippen molar-refractivity contribution < 1.29 is 9.53 Å².